The van der Waals surface area contributed by atoms with Crippen molar-refractivity contribution >= 4 is 11.8 Å². The van der Waals surface area contributed by atoms with Gasteiger partial charge in [0.25, 0.3) is 0 Å². The molecule has 0 bridgehead atoms. The van der Waals surface area contributed by atoms with Gasteiger partial charge in [-0.15, -0.1) is 0 Å². The summed E-state index contributed by atoms with van der Waals surface area (Å²) in [7, 11) is 0. The van der Waals surface area contributed by atoms with E-state index >= 15 is 0 Å². The second-order valence-electron chi connectivity index (χ2n) is 6.91. The van der Waals surface area contributed by atoms with E-state index in [-0.39, 0.29) is 23.9 Å². The molecule has 104 valence electrons. The predicted molar refractivity (Wildman–Crippen MR) is 71.1 cm³/mol. The van der Waals surface area contributed by atoms with E-state index in [0.29, 0.717) is 24.5 Å². The first kappa shape index (κ1) is 15.2. The predicted octanol–water partition coefficient (Wildman–Crippen LogP) is 3.22. The minimum absolute atomic E-state index is 0.0118. The van der Waals surface area contributed by atoms with Crippen molar-refractivity contribution in [2.24, 2.45) is 23.2 Å². The van der Waals surface area contributed by atoms with Crippen LogP contribution in [0, 0.1) is 23.2 Å². The Morgan fingerprint density at radius 3 is 2.33 bits per heavy atom. The van der Waals surface area contributed by atoms with Crippen molar-refractivity contribution in [3.63, 3.8) is 0 Å². The van der Waals surface area contributed by atoms with Crippen molar-refractivity contribution in [2.75, 3.05) is 0 Å². The highest BCUT2D eigenvalue weighted by atomic mass is 16.5. The van der Waals surface area contributed by atoms with Gasteiger partial charge in [-0.2, -0.15) is 0 Å². The van der Waals surface area contributed by atoms with Crippen LogP contribution >= 0.6 is 0 Å². The van der Waals surface area contributed by atoms with Gasteiger partial charge in [0.1, 0.15) is 11.9 Å². The summed E-state index contributed by atoms with van der Waals surface area (Å²) in [4.78, 5) is 23.8. The Labute approximate surface area is 110 Å². The van der Waals surface area contributed by atoms with E-state index < -0.39 is 5.41 Å². The molecule has 0 heterocycles. The molecule has 1 aliphatic carbocycles. The third-order valence-corrected chi connectivity index (χ3v) is 3.78. The SMILES string of the molecule is CC(C)[C@@H]1CC(=O)[C@@H](C)C[C@@H]1OC(=O)C(C)(C)C. The summed E-state index contributed by atoms with van der Waals surface area (Å²) in [6.45, 7) is 11.7. The molecule has 1 fully saturated rings. The fraction of sp³-hybridized carbons (Fsp3) is 0.867. The maximum absolute atomic E-state index is 12.0. The van der Waals surface area contributed by atoms with Crippen LogP contribution in [-0.2, 0) is 14.3 Å². The average molecular weight is 254 g/mol. The van der Waals surface area contributed by atoms with Gasteiger partial charge >= 0.3 is 5.97 Å². The molecule has 0 N–H and O–H groups in total. The summed E-state index contributed by atoms with van der Waals surface area (Å²) >= 11 is 0. The Kier molecular flexibility index (Phi) is 4.57. The largest absolute Gasteiger partial charge is 0.462 e. The fourth-order valence-electron chi connectivity index (χ4n) is 2.33. The van der Waals surface area contributed by atoms with Crippen LogP contribution in [0.15, 0.2) is 0 Å². The van der Waals surface area contributed by atoms with Crippen LogP contribution in [-0.4, -0.2) is 17.9 Å². The lowest BCUT2D eigenvalue weighted by atomic mass is 9.74. The molecule has 0 unspecified atom stereocenters. The molecule has 0 aromatic rings. The van der Waals surface area contributed by atoms with Gasteiger partial charge in [0.2, 0.25) is 0 Å². The second-order valence-corrected chi connectivity index (χ2v) is 6.91. The standard InChI is InChI=1S/C15H26O3/c1-9(2)11-8-12(16)10(3)7-13(11)18-14(17)15(4,5)6/h9-11,13H,7-8H2,1-6H3/t10-,11-,13-/m0/s1. The van der Waals surface area contributed by atoms with Gasteiger partial charge < -0.3 is 4.74 Å². The lowest BCUT2D eigenvalue weighted by Crippen LogP contribution is -2.41. The third kappa shape index (κ3) is 3.56. The molecule has 0 aromatic carbocycles. The normalized spacial score (nSPS) is 29.5. The highest BCUT2D eigenvalue weighted by molar-refractivity contribution is 5.82. The van der Waals surface area contributed by atoms with Gasteiger partial charge in [-0.3, -0.25) is 9.59 Å². The Morgan fingerprint density at radius 2 is 1.89 bits per heavy atom. The minimum Gasteiger partial charge on any atom is -0.462 e. The molecule has 18 heavy (non-hydrogen) atoms. The highest BCUT2D eigenvalue weighted by Crippen LogP contribution is 2.34. The Balaban J connectivity index is 2.77. The maximum Gasteiger partial charge on any atom is 0.311 e. The van der Waals surface area contributed by atoms with Gasteiger partial charge in [-0.1, -0.05) is 20.8 Å². The van der Waals surface area contributed by atoms with Crippen LogP contribution in [0.2, 0.25) is 0 Å². The van der Waals surface area contributed by atoms with E-state index in [2.05, 4.69) is 13.8 Å². The molecule has 1 saturated carbocycles. The molecule has 0 amide bonds. The fourth-order valence-corrected chi connectivity index (χ4v) is 2.33. The zero-order valence-corrected chi connectivity index (χ0v) is 12.4. The number of esters is 1. The Hall–Kier alpha value is -0.860. The zero-order chi connectivity index (χ0) is 14.1. The first-order valence-corrected chi connectivity index (χ1v) is 6.86. The quantitative estimate of drug-likeness (QED) is 0.711. The topological polar surface area (TPSA) is 43.4 Å². The molecule has 0 spiro atoms. The van der Waals surface area contributed by atoms with Gasteiger partial charge in [-0.05, 0) is 33.1 Å². The lowest BCUT2D eigenvalue weighted by molar-refractivity contribution is -0.167. The molecule has 3 nitrogen and oxygen atoms in total. The van der Waals surface area contributed by atoms with Crippen LogP contribution in [0.1, 0.15) is 54.4 Å². The van der Waals surface area contributed by atoms with E-state index in [0.717, 1.165) is 0 Å². The zero-order valence-electron chi connectivity index (χ0n) is 12.4. The number of hydrogen-bond acceptors (Lipinski definition) is 3. The summed E-state index contributed by atoms with van der Waals surface area (Å²) in [6.07, 6.45) is 1.11. The van der Waals surface area contributed by atoms with Crippen molar-refractivity contribution in [3.8, 4) is 0 Å². The van der Waals surface area contributed by atoms with E-state index in [1.54, 1.807) is 0 Å². The Morgan fingerprint density at radius 1 is 1.33 bits per heavy atom. The molecule has 0 aliphatic heterocycles. The number of carbonyl (C=O) groups excluding carboxylic acids is 2. The minimum atomic E-state index is -0.480. The van der Waals surface area contributed by atoms with Gasteiger partial charge in [0.15, 0.2) is 0 Å². The maximum atomic E-state index is 12.0. The number of ether oxygens (including phenoxy) is 1. The van der Waals surface area contributed by atoms with Crippen molar-refractivity contribution in [3.05, 3.63) is 0 Å². The number of ketones is 1. The average Bonchev–Trinajstić information content (AvgIpc) is 2.21. The molecular formula is C15H26O3. The van der Waals surface area contributed by atoms with E-state index in [9.17, 15) is 9.59 Å². The first-order valence-electron chi connectivity index (χ1n) is 6.86. The van der Waals surface area contributed by atoms with Crippen LogP contribution in [0.5, 0.6) is 0 Å². The molecular weight excluding hydrogens is 228 g/mol. The molecule has 0 radical (unpaired) electrons. The van der Waals surface area contributed by atoms with E-state index in [1.165, 1.54) is 0 Å². The van der Waals surface area contributed by atoms with Crippen molar-refractivity contribution < 1.29 is 14.3 Å². The lowest BCUT2D eigenvalue weighted by Gasteiger charge is -2.37. The Bertz CT molecular complexity index is 325. The van der Waals surface area contributed by atoms with Crippen molar-refractivity contribution in [2.45, 2.75) is 60.5 Å². The van der Waals surface area contributed by atoms with Crippen LogP contribution < -0.4 is 0 Å². The summed E-state index contributed by atoms with van der Waals surface area (Å²) in [6, 6.07) is 0. The van der Waals surface area contributed by atoms with E-state index in [1.807, 2.05) is 27.7 Å². The van der Waals surface area contributed by atoms with Crippen molar-refractivity contribution in [1.82, 2.24) is 0 Å². The molecule has 1 rings (SSSR count). The molecule has 3 heteroatoms. The highest BCUT2D eigenvalue weighted by Gasteiger charge is 2.39. The summed E-state index contributed by atoms with van der Waals surface area (Å²) in [5.41, 5.74) is -0.480. The van der Waals surface area contributed by atoms with Crippen LogP contribution in [0.3, 0.4) is 0 Å². The van der Waals surface area contributed by atoms with Crippen molar-refractivity contribution in [1.29, 1.82) is 0 Å². The molecule has 0 aromatic heterocycles. The number of rotatable bonds is 2. The van der Waals surface area contributed by atoms with Gasteiger partial charge in [0.05, 0.1) is 5.41 Å². The molecule has 1 aliphatic rings. The monoisotopic (exact) mass is 254 g/mol. The number of hydrogen-bond donors (Lipinski definition) is 0. The number of Topliss-reactive ketones (excluding diaryl/α,β-unsaturated/α-hetero) is 1. The number of carbonyl (C=O) groups is 2. The summed E-state index contributed by atoms with van der Waals surface area (Å²) in [5, 5.41) is 0. The summed E-state index contributed by atoms with van der Waals surface area (Å²) < 4.78 is 5.66. The van der Waals surface area contributed by atoms with Gasteiger partial charge in [-0.25, -0.2) is 0 Å². The third-order valence-electron chi connectivity index (χ3n) is 3.78. The second kappa shape index (κ2) is 5.41. The smallest absolute Gasteiger partial charge is 0.311 e. The van der Waals surface area contributed by atoms with Gasteiger partial charge in [0, 0.05) is 18.3 Å². The van der Waals surface area contributed by atoms with Crippen LogP contribution in [0.25, 0.3) is 0 Å². The van der Waals surface area contributed by atoms with Crippen LogP contribution in [0.4, 0.5) is 0 Å². The molecule has 3 atom stereocenters. The molecule has 0 saturated heterocycles. The van der Waals surface area contributed by atoms with E-state index in [4.69, 9.17) is 4.74 Å². The summed E-state index contributed by atoms with van der Waals surface area (Å²) in [5.74, 6) is 0.674. The first-order chi connectivity index (χ1) is 8.12.